The lowest BCUT2D eigenvalue weighted by molar-refractivity contribution is -0.0979. The summed E-state index contributed by atoms with van der Waals surface area (Å²) in [5, 5.41) is 4.58. The first-order chi connectivity index (χ1) is 15.3. The van der Waals surface area contributed by atoms with Crippen molar-refractivity contribution in [1.82, 2.24) is 4.98 Å². The van der Waals surface area contributed by atoms with E-state index in [4.69, 9.17) is 15.5 Å². The lowest BCUT2D eigenvalue weighted by Crippen LogP contribution is -2.52. The highest BCUT2D eigenvalue weighted by molar-refractivity contribution is 5.93. The average molecular weight is 443 g/mol. The number of nitrogens with two attached hydrogens (primary N) is 1. The Bertz CT molecular complexity index is 1050. The molecule has 7 heteroatoms. The molecule has 0 spiro atoms. The number of nitrogens with zero attached hydrogens (tertiary/aromatic N) is 2. The van der Waals surface area contributed by atoms with Crippen molar-refractivity contribution in [2.75, 3.05) is 49.6 Å². The minimum Gasteiger partial charge on any atom is -0.384 e. The number of hydrogen-bond donors (Lipinski definition) is 2. The summed E-state index contributed by atoms with van der Waals surface area (Å²) >= 11 is 0. The average Bonchev–Trinajstić information content (AvgIpc) is 2.84. The van der Waals surface area contributed by atoms with Crippen LogP contribution in [0, 0.1) is 12.3 Å². The smallest absolute Gasteiger partial charge is 0.274 e. The lowest BCUT2D eigenvalue weighted by atomic mass is 9.86. The number of anilines is 2. The van der Waals surface area contributed by atoms with Crippen LogP contribution in [-0.4, -0.2) is 50.3 Å². The maximum absolute atomic E-state index is 14.8. The van der Waals surface area contributed by atoms with E-state index < -0.39 is 5.92 Å². The van der Waals surface area contributed by atoms with Crippen LogP contribution < -0.4 is 16.0 Å². The lowest BCUT2D eigenvalue weighted by Gasteiger charge is -2.40. The molecule has 32 heavy (non-hydrogen) atoms. The summed E-state index contributed by atoms with van der Waals surface area (Å²) in [6, 6.07) is 8.10. The second kappa shape index (κ2) is 8.79. The topological polar surface area (TPSA) is 63.4 Å². The van der Waals surface area contributed by atoms with Gasteiger partial charge in [0.1, 0.15) is 5.82 Å². The van der Waals surface area contributed by atoms with Crippen LogP contribution in [0.25, 0.3) is 10.9 Å². The van der Waals surface area contributed by atoms with Gasteiger partial charge in [-0.1, -0.05) is 23.8 Å². The molecular formula is C25H32F2N4O. The molecule has 0 radical (unpaired) electrons. The van der Waals surface area contributed by atoms with E-state index in [0.29, 0.717) is 44.2 Å². The van der Waals surface area contributed by atoms with Gasteiger partial charge in [-0.05, 0) is 38.5 Å². The van der Waals surface area contributed by atoms with Crippen LogP contribution in [0.3, 0.4) is 0 Å². The third-order valence-electron chi connectivity index (χ3n) is 6.49. The van der Waals surface area contributed by atoms with Crippen LogP contribution in [0.5, 0.6) is 0 Å². The molecule has 0 bridgehead atoms. The van der Waals surface area contributed by atoms with Gasteiger partial charge in [0.2, 0.25) is 0 Å². The zero-order valence-electron chi connectivity index (χ0n) is 19.0. The molecule has 2 aliphatic heterocycles. The number of aromatic nitrogens is 1. The minimum absolute atomic E-state index is 0.0645. The fourth-order valence-electron chi connectivity index (χ4n) is 4.40. The normalized spacial score (nSPS) is 20.5. The van der Waals surface area contributed by atoms with E-state index >= 15 is 0 Å². The molecule has 3 heterocycles. The second-order valence-corrected chi connectivity index (χ2v) is 9.17. The van der Waals surface area contributed by atoms with E-state index in [-0.39, 0.29) is 24.0 Å². The van der Waals surface area contributed by atoms with Crippen LogP contribution in [0.1, 0.15) is 25.8 Å². The molecule has 3 N–H and O–H groups in total. The number of alkyl halides is 2. The van der Waals surface area contributed by atoms with E-state index in [0.717, 1.165) is 22.2 Å². The first kappa shape index (κ1) is 22.7. The molecule has 1 fully saturated rings. The number of hydrogen-bond acceptors (Lipinski definition) is 5. The molecule has 0 atom stereocenters. The molecule has 4 rings (SSSR count). The van der Waals surface area contributed by atoms with E-state index in [9.17, 15) is 8.78 Å². The molecule has 2 aromatic rings. The summed E-state index contributed by atoms with van der Waals surface area (Å²) in [6.45, 7) is 8.78. The highest BCUT2D eigenvalue weighted by Gasteiger charge is 2.38. The van der Waals surface area contributed by atoms with Gasteiger partial charge in [-0.25, -0.2) is 13.8 Å². The molecule has 0 unspecified atom stereocenters. The highest BCUT2D eigenvalue weighted by Crippen LogP contribution is 2.37. The molecule has 2 aliphatic rings. The number of nitrogens with one attached hydrogen (secondary N) is 1. The Morgan fingerprint density at radius 1 is 1.25 bits per heavy atom. The predicted molar refractivity (Wildman–Crippen MR) is 127 cm³/mol. The molecule has 0 saturated carbocycles. The van der Waals surface area contributed by atoms with E-state index in [1.54, 1.807) is 19.9 Å². The van der Waals surface area contributed by atoms with Gasteiger partial charge in [-0.3, -0.25) is 0 Å². The zero-order valence-corrected chi connectivity index (χ0v) is 19.0. The monoisotopic (exact) mass is 442 g/mol. The van der Waals surface area contributed by atoms with Gasteiger partial charge in [-0.15, -0.1) is 0 Å². The van der Waals surface area contributed by atoms with Crippen LogP contribution in [0.4, 0.5) is 20.3 Å². The minimum atomic E-state index is -2.85. The number of rotatable bonds is 6. The van der Waals surface area contributed by atoms with Crippen molar-refractivity contribution < 1.29 is 13.5 Å². The molecule has 1 aromatic carbocycles. The second-order valence-electron chi connectivity index (χ2n) is 9.17. The van der Waals surface area contributed by atoms with E-state index in [2.05, 4.69) is 11.4 Å². The van der Waals surface area contributed by atoms with Crippen molar-refractivity contribution in [3.63, 3.8) is 0 Å². The third-order valence-corrected chi connectivity index (χ3v) is 6.49. The fraction of sp³-hybridized carbons (Fsp3) is 0.480. The Morgan fingerprint density at radius 2 is 2.03 bits per heavy atom. The summed E-state index contributed by atoms with van der Waals surface area (Å²) in [7, 11) is 0. The number of halogens is 2. The van der Waals surface area contributed by atoms with Crippen molar-refractivity contribution >= 4 is 22.4 Å². The summed E-state index contributed by atoms with van der Waals surface area (Å²) in [6.07, 6.45) is 2.97. The van der Waals surface area contributed by atoms with Gasteiger partial charge in [-0.2, -0.15) is 0 Å². The Kier molecular flexibility index (Phi) is 6.23. The van der Waals surface area contributed by atoms with Crippen molar-refractivity contribution in [3.05, 3.63) is 53.1 Å². The van der Waals surface area contributed by atoms with Crippen LogP contribution in [-0.2, 0) is 4.74 Å². The van der Waals surface area contributed by atoms with Crippen LogP contribution in [0.15, 0.2) is 47.6 Å². The van der Waals surface area contributed by atoms with Crippen molar-refractivity contribution in [1.29, 1.82) is 0 Å². The molecule has 172 valence electrons. The predicted octanol–water partition coefficient (Wildman–Crippen LogP) is 4.67. The number of aryl methyl sites for hydroxylation is 1. The highest BCUT2D eigenvalue weighted by atomic mass is 19.3. The first-order valence-corrected chi connectivity index (χ1v) is 11.2. The van der Waals surface area contributed by atoms with Gasteiger partial charge in [0.05, 0.1) is 18.7 Å². The maximum Gasteiger partial charge on any atom is 0.274 e. The summed E-state index contributed by atoms with van der Waals surface area (Å²) in [4.78, 5) is 6.80. The van der Waals surface area contributed by atoms with Gasteiger partial charge < -0.3 is 20.7 Å². The van der Waals surface area contributed by atoms with Gasteiger partial charge in [0.15, 0.2) is 0 Å². The summed E-state index contributed by atoms with van der Waals surface area (Å²) < 4.78 is 34.9. The Morgan fingerprint density at radius 3 is 2.69 bits per heavy atom. The van der Waals surface area contributed by atoms with Gasteiger partial charge in [0, 0.05) is 60.7 Å². The molecule has 1 saturated heterocycles. The first-order valence-electron chi connectivity index (χ1n) is 11.2. The van der Waals surface area contributed by atoms with Crippen molar-refractivity contribution in [3.8, 4) is 0 Å². The van der Waals surface area contributed by atoms with Crippen LogP contribution >= 0.6 is 0 Å². The molecule has 0 amide bonds. The summed E-state index contributed by atoms with van der Waals surface area (Å²) in [5.74, 6) is -2.15. The standard InChI is InChI=1S/C25H32F2N4O/c1-4-5-20-18(3)12-31(9-8-25(20,26)27)23-11-22(29-14-24(13-28)15-32-16-24)19-10-17(2)6-7-21(19)30-23/h4-7,10-11H,8-9,12-16,28H2,1-3H3,(H,29,30)/b5-4-. The van der Waals surface area contributed by atoms with Gasteiger partial charge >= 0.3 is 0 Å². The molecule has 0 aliphatic carbocycles. The zero-order chi connectivity index (χ0) is 22.9. The Balaban J connectivity index is 1.70. The number of allylic oxidation sites excluding steroid dienone is 3. The largest absolute Gasteiger partial charge is 0.384 e. The quantitative estimate of drug-likeness (QED) is 0.681. The Labute approximate surface area is 188 Å². The number of fused-ring (bicyclic) bond motifs is 1. The van der Waals surface area contributed by atoms with Crippen LogP contribution in [0.2, 0.25) is 0 Å². The SMILES string of the molecule is C/C=C\C1=C(C)CN(c2cc(NCC3(CN)COC3)c3cc(C)ccc3n2)CCC1(F)F. The fourth-order valence-corrected chi connectivity index (χ4v) is 4.40. The maximum atomic E-state index is 14.8. The molecular weight excluding hydrogens is 410 g/mol. The summed E-state index contributed by atoms with van der Waals surface area (Å²) in [5.41, 5.74) is 9.63. The van der Waals surface area contributed by atoms with Crippen molar-refractivity contribution in [2.24, 2.45) is 11.1 Å². The Hall–Kier alpha value is -2.51. The number of ether oxygens (including phenoxy) is 1. The number of benzene rings is 1. The van der Waals surface area contributed by atoms with E-state index in [1.807, 2.05) is 30.0 Å². The van der Waals surface area contributed by atoms with Crippen molar-refractivity contribution in [2.45, 2.75) is 33.1 Å². The molecule has 5 nitrogen and oxygen atoms in total. The third kappa shape index (κ3) is 4.36. The van der Waals surface area contributed by atoms with Gasteiger partial charge in [0.25, 0.3) is 5.92 Å². The van der Waals surface area contributed by atoms with E-state index in [1.165, 1.54) is 6.08 Å². The number of pyridine rings is 1. The molecule has 1 aromatic heterocycles.